The molecule has 1 aliphatic rings. The highest BCUT2D eigenvalue weighted by molar-refractivity contribution is 5.95. The van der Waals surface area contributed by atoms with E-state index >= 15 is 0 Å². The number of fused-ring (bicyclic) bond motifs is 2. The van der Waals surface area contributed by atoms with Crippen molar-refractivity contribution >= 4 is 23.4 Å². The van der Waals surface area contributed by atoms with Gasteiger partial charge < -0.3 is 34.9 Å². The summed E-state index contributed by atoms with van der Waals surface area (Å²) in [7, 11) is 0. The number of nitrogens with zero attached hydrogens (tertiary/aromatic N) is 1. The third kappa shape index (κ3) is 12.4. The van der Waals surface area contributed by atoms with Gasteiger partial charge in [0.15, 0.2) is 0 Å². The summed E-state index contributed by atoms with van der Waals surface area (Å²) in [5.41, 5.74) is 8.63. The lowest BCUT2D eigenvalue weighted by Crippen LogP contribution is -2.31. The van der Waals surface area contributed by atoms with Crippen LogP contribution >= 0.6 is 0 Å². The molecule has 10 heteroatoms. The molecule has 0 atom stereocenters. The van der Waals surface area contributed by atoms with Crippen LogP contribution in [0.2, 0.25) is 0 Å². The number of nitrogens with two attached hydrogens (primary N) is 1. The number of ether oxygens (including phenoxy) is 4. The second-order valence-electron chi connectivity index (χ2n) is 9.63. The summed E-state index contributed by atoms with van der Waals surface area (Å²) >= 11 is 0. The minimum atomic E-state index is -0.385. The molecule has 3 rings (SSSR count). The fourth-order valence-corrected chi connectivity index (χ4v) is 4.19. The number of amides is 3. The molecule has 0 bridgehead atoms. The van der Waals surface area contributed by atoms with Gasteiger partial charge in [0, 0.05) is 36.9 Å². The Balaban J connectivity index is 1.20. The average molecular weight is 580 g/mol. The van der Waals surface area contributed by atoms with Crippen LogP contribution in [0.1, 0.15) is 48.8 Å². The molecule has 0 saturated heterocycles. The zero-order valence-corrected chi connectivity index (χ0v) is 24.1. The van der Waals surface area contributed by atoms with Crippen LogP contribution in [0, 0.1) is 11.8 Å². The van der Waals surface area contributed by atoms with Gasteiger partial charge in [0.1, 0.15) is 0 Å². The molecule has 0 fully saturated rings. The van der Waals surface area contributed by atoms with E-state index in [0.717, 1.165) is 22.4 Å². The van der Waals surface area contributed by atoms with E-state index in [1.54, 1.807) is 0 Å². The van der Waals surface area contributed by atoms with Crippen LogP contribution in [-0.2, 0) is 39.9 Å². The van der Waals surface area contributed by atoms with Crippen LogP contribution in [0.15, 0.2) is 48.5 Å². The highest BCUT2D eigenvalue weighted by atomic mass is 16.6. The third-order valence-electron chi connectivity index (χ3n) is 6.40. The van der Waals surface area contributed by atoms with Gasteiger partial charge in [-0.2, -0.15) is 0 Å². The summed E-state index contributed by atoms with van der Waals surface area (Å²) in [6, 6.07) is 15.6. The zero-order valence-electron chi connectivity index (χ0n) is 24.1. The van der Waals surface area contributed by atoms with Crippen molar-refractivity contribution < 1.29 is 33.3 Å². The molecule has 226 valence electrons. The predicted molar refractivity (Wildman–Crippen MR) is 159 cm³/mol. The quantitative estimate of drug-likeness (QED) is 0.182. The van der Waals surface area contributed by atoms with Crippen molar-refractivity contribution in [1.29, 1.82) is 0 Å². The van der Waals surface area contributed by atoms with Gasteiger partial charge in [0.05, 0.1) is 65.1 Å². The lowest BCUT2D eigenvalue weighted by molar-refractivity contribution is -0.122. The Bertz CT molecular complexity index is 1210. The molecule has 2 aromatic carbocycles. The highest BCUT2D eigenvalue weighted by Crippen LogP contribution is 2.26. The van der Waals surface area contributed by atoms with E-state index < -0.39 is 0 Å². The number of carbonyl (C=O) groups excluding carboxylic acids is 3. The van der Waals surface area contributed by atoms with E-state index in [1.807, 2.05) is 53.4 Å². The number of hydrogen-bond donors (Lipinski definition) is 2. The Morgan fingerprint density at radius 1 is 0.714 bits per heavy atom. The molecule has 2 aromatic rings. The van der Waals surface area contributed by atoms with E-state index in [9.17, 15) is 14.4 Å². The standard InChI is InChI=1S/C32H41N3O7/c33-30(36)15-17-39-19-21-41-23-24-42-22-20-40-18-16-34-31(37)11-5-6-12-32(38)35-25-28-9-2-1-7-26(28)13-14-27-8-3-4-10-29(27)35/h1-4,7-10H,5-6,11-12,15-25H2,(H2,33,36)(H,34,37). The largest absolute Gasteiger partial charge is 0.379 e. The van der Waals surface area contributed by atoms with Crippen LogP contribution < -0.4 is 16.0 Å². The maximum Gasteiger partial charge on any atom is 0.227 e. The van der Waals surface area contributed by atoms with E-state index in [-0.39, 0.29) is 24.1 Å². The first-order valence-electron chi connectivity index (χ1n) is 14.4. The minimum absolute atomic E-state index is 0.0228. The van der Waals surface area contributed by atoms with E-state index in [4.69, 9.17) is 24.7 Å². The van der Waals surface area contributed by atoms with Crippen LogP contribution in [0.5, 0.6) is 0 Å². The first kappa shape index (κ1) is 32.8. The molecule has 42 heavy (non-hydrogen) atoms. The fraction of sp³-hybridized carbons (Fsp3) is 0.469. The second kappa shape index (κ2) is 19.4. The van der Waals surface area contributed by atoms with E-state index in [2.05, 4.69) is 17.2 Å². The molecule has 0 spiro atoms. The molecule has 3 N–H and O–H groups in total. The van der Waals surface area contributed by atoms with Gasteiger partial charge in [-0.05, 0) is 36.6 Å². The van der Waals surface area contributed by atoms with Crippen LogP contribution in [0.25, 0.3) is 0 Å². The molecular weight excluding hydrogens is 538 g/mol. The molecule has 0 saturated carbocycles. The molecule has 1 aliphatic heterocycles. The lowest BCUT2D eigenvalue weighted by atomic mass is 10.0. The summed E-state index contributed by atoms with van der Waals surface area (Å²) in [5.74, 6) is 6.02. The van der Waals surface area contributed by atoms with Crippen molar-refractivity contribution in [2.75, 3.05) is 64.3 Å². The zero-order chi connectivity index (χ0) is 29.8. The van der Waals surface area contributed by atoms with Crippen LogP contribution in [0.4, 0.5) is 5.69 Å². The van der Waals surface area contributed by atoms with Crippen LogP contribution in [0.3, 0.4) is 0 Å². The second-order valence-corrected chi connectivity index (χ2v) is 9.63. The highest BCUT2D eigenvalue weighted by Gasteiger charge is 2.20. The smallest absolute Gasteiger partial charge is 0.227 e. The number of para-hydroxylation sites is 1. The monoisotopic (exact) mass is 579 g/mol. The SMILES string of the molecule is NC(=O)CCOCCOCCOCCOCCNC(=O)CCCCC(=O)N1Cc2ccccc2C#Cc2ccccc21. The van der Waals surface area contributed by atoms with Gasteiger partial charge in [0.25, 0.3) is 0 Å². The summed E-state index contributed by atoms with van der Waals surface area (Å²) < 4.78 is 21.4. The summed E-state index contributed by atoms with van der Waals surface area (Å²) in [5, 5.41) is 2.85. The van der Waals surface area contributed by atoms with Crippen molar-refractivity contribution in [3.63, 3.8) is 0 Å². The summed E-state index contributed by atoms with van der Waals surface area (Å²) in [4.78, 5) is 37.8. The Hall–Kier alpha value is -3.75. The first-order chi connectivity index (χ1) is 20.5. The number of nitrogens with one attached hydrogen (secondary N) is 1. The number of unbranched alkanes of at least 4 members (excludes halogenated alkanes) is 1. The van der Waals surface area contributed by atoms with Gasteiger partial charge in [-0.1, -0.05) is 42.2 Å². The minimum Gasteiger partial charge on any atom is -0.379 e. The summed E-state index contributed by atoms with van der Waals surface area (Å²) in [6.07, 6.45) is 2.17. The first-order valence-corrected chi connectivity index (χ1v) is 14.4. The number of anilines is 1. The number of carbonyl (C=O) groups is 3. The Labute approximate surface area is 247 Å². The van der Waals surface area contributed by atoms with Gasteiger partial charge in [-0.3, -0.25) is 14.4 Å². The predicted octanol–water partition coefficient (Wildman–Crippen LogP) is 2.55. The van der Waals surface area contributed by atoms with Gasteiger partial charge >= 0.3 is 0 Å². The molecule has 0 radical (unpaired) electrons. The number of primary amides is 1. The Morgan fingerprint density at radius 3 is 2.00 bits per heavy atom. The van der Waals surface area contributed by atoms with Crippen molar-refractivity contribution in [2.45, 2.75) is 38.6 Å². The maximum absolute atomic E-state index is 13.2. The van der Waals surface area contributed by atoms with Crippen molar-refractivity contribution in [2.24, 2.45) is 5.73 Å². The van der Waals surface area contributed by atoms with Gasteiger partial charge in [-0.25, -0.2) is 0 Å². The van der Waals surface area contributed by atoms with Crippen molar-refractivity contribution in [1.82, 2.24) is 5.32 Å². The number of hydrogen-bond acceptors (Lipinski definition) is 7. The Kier molecular flexibility index (Phi) is 15.1. The van der Waals surface area contributed by atoms with Crippen molar-refractivity contribution in [3.05, 3.63) is 65.2 Å². The lowest BCUT2D eigenvalue weighted by Gasteiger charge is -2.26. The number of benzene rings is 2. The van der Waals surface area contributed by atoms with Gasteiger partial charge in [0.2, 0.25) is 17.7 Å². The molecule has 10 nitrogen and oxygen atoms in total. The molecule has 3 amide bonds. The van der Waals surface area contributed by atoms with Gasteiger partial charge in [-0.15, -0.1) is 0 Å². The average Bonchev–Trinajstić information content (AvgIpc) is 2.98. The topological polar surface area (TPSA) is 129 Å². The third-order valence-corrected chi connectivity index (χ3v) is 6.40. The number of rotatable bonds is 20. The Morgan fingerprint density at radius 2 is 1.29 bits per heavy atom. The molecule has 0 aromatic heterocycles. The van der Waals surface area contributed by atoms with Crippen molar-refractivity contribution in [3.8, 4) is 11.8 Å². The van der Waals surface area contributed by atoms with Crippen LogP contribution in [-0.4, -0.2) is 77.1 Å². The molecule has 0 aliphatic carbocycles. The summed E-state index contributed by atoms with van der Waals surface area (Å²) in [6.45, 7) is 4.14. The molecular formula is C32H41N3O7. The van der Waals surface area contributed by atoms with E-state index in [0.29, 0.717) is 91.6 Å². The molecule has 0 unspecified atom stereocenters. The normalized spacial score (nSPS) is 11.9. The fourth-order valence-electron chi connectivity index (χ4n) is 4.19. The van der Waals surface area contributed by atoms with E-state index in [1.165, 1.54) is 0 Å². The maximum atomic E-state index is 13.2. The molecule has 1 heterocycles.